The van der Waals surface area contributed by atoms with E-state index in [1.807, 2.05) is 60.7 Å². The van der Waals surface area contributed by atoms with Crippen LogP contribution in [0.2, 0.25) is 0 Å². The van der Waals surface area contributed by atoms with Crippen molar-refractivity contribution in [3.05, 3.63) is 96.1 Å². The molecule has 0 saturated heterocycles. The first-order valence-electron chi connectivity index (χ1n) is 9.78. The number of benzene rings is 4. The van der Waals surface area contributed by atoms with Crippen molar-refractivity contribution in [1.82, 2.24) is 15.4 Å². The number of phenols is 1. The van der Waals surface area contributed by atoms with Crippen molar-refractivity contribution in [2.75, 3.05) is 0 Å². The molecule has 0 fully saturated rings. The van der Waals surface area contributed by atoms with Crippen molar-refractivity contribution in [3.63, 3.8) is 0 Å². The van der Waals surface area contributed by atoms with Gasteiger partial charge in [0.1, 0.15) is 11.6 Å². The van der Waals surface area contributed by atoms with Crippen LogP contribution < -0.4 is 5.43 Å². The maximum absolute atomic E-state index is 12.6. The highest BCUT2D eigenvalue weighted by atomic mass is 16.3. The van der Waals surface area contributed by atoms with Gasteiger partial charge >= 0.3 is 0 Å². The molecule has 5 rings (SSSR count). The van der Waals surface area contributed by atoms with Crippen molar-refractivity contribution in [2.45, 2.75) is 0 Å². The summed E-state index contributed by atoms with van der Waals surface area (Å²) in [6.07, 6.45) is 1.46. The molecule has 0 spiro atoms. The molecule has 0 aliphatic rings. The molecule has 0 saturated carbocycles. The molecule has 6 heteroatoms. The van der Waals surface area contributed by atoms with Gasteiger partial charge in [0.05, 0.1) is 17.2 Å². The zero-order valence-electron chi connectivity index (χ0n) is 16.4. The second-order valence-corrected chi connectivity index (χ2v) is 7.10. The number of nitrogens with one attached hydrogen (secondary N) is 2. The molecule has 0 atom stereocenters. The highest BCUT2D eigenvalue weighted by Gasteiger charge is 2.10. The van der Waals surface area contributed by atoms with Crippen molar-refractivity contribution >= 4 is 33.9 Å². The fourth-order valence-electron chi connectivity index (χ4n) is 3.52. The molecule has 1 aromatic heterocycles. The van der Waals surface area contributed by atoms with Crippen LogP contribution in [0.4, 0.5) is 0 Å². The number of imidazole rings is 1. The first-order chi connectivity index (χ1) is 15.2. The number of aromatic hydroxyl groups is 1. The molecule has 5 aromatic rings. The van der Waals surface area contributed by atoms with Gasteiger partial charge in [-0.3, -0.25) is 4.79 Å². The number of phenolic OH excluding ortho intramolecular Hbond substituents is 1. The van der Waals surface area contributed by atoms with Gasteiger partial charge in [0.25, 0.3) is 5.91 Å². The lowest BCUT2D eigenvalue weighted by Crippen LogP contribution is -2.17. The van der Waals surface area contributed by atoms with Crippen LogP contribution in [0.3, 0.4) is 0 Å². The van der Waals surface area contributed by atoms with E-state index in [0.717, 1.165) is 33.2 Å². The molecule has 0 radical (unpaired) electrons. The molecular formula is C25H18N4O2. The van der Waals surface area contributed by atoms with Gasteiger partial charge in [-0.25, -0.2) is 10.4 Å². The number of carbonyl (C=O) groups excluding carboxylic acids is 1. The number of hydrazone groups is 1. The SMILES string of the molecule is O=C(N/N=C/c1c(O)ccc2ccccc12)c1ccc2nc(-c3ccccc3)[nH]c2c1. The van der Waals surface area contributed by atoms with Gasteiger partial charge < -0.3 is 10.1 Å². The van der Waals surface area contributed by atoms with Crippen LogP contribution in [0.25, 0.3) is 33.2 Å². The van der Waals surface area contributed by atoms with Gasteiger partial charge in [-0.05, 0) is 35.0 Å². The average molecular weight is 406 g/mol. The predicted molar refractivity (Wildman–Crippen MR) is 122 cm³/mol. The summed E-state index contributed by atoms with van der Waals surface area (Å²) in [4.78, 5) is 20.4. The predicted octanol–water partition coefficient (Wildman–Crippen LogP) is 4.85. The number of hydrogen-bond donors (Lipinski definition) is 3. The second-order valence-electron chi connectivity index (χ2n) is 7.10. The fraction of sp³-hybridized carbons (Fsp3) is 0. The molecule has 31 heavy (non-hydrogen) atoms. The number of nitrogens with zero attached hydrogens (tertiary/aromatic N) is 2. The van der Waals surface area contributed by atoms with Gasteiger partial charge in [0.15, 0.2) is 0 Å². The van der Waals surface area contributed by atoms with E-state index in [4.69, 9.17) is 0 Å². The maximum Gasteiger partial charge on any atom is 0.271 e. The Morgan fingerprint density at radius 1 is 0.968 bits per heavy atom. The van der Waals surface area contributed by atoms with E-state index >= 15 is 0 Å². The molecular weight excluding hydrogens is 388 g/mol. The Kier molecular flexibility index (Phi) is 4.65. The number of amides is 1. The molecule has 6 nitrogen and oxygen atoms in total. The quantitative estimate of drug-likeness (QED) is 0.294. The number of aromatic amines is 1. The van der Waals surface area contributed by atoms with Gasteiger partial charge in [0, 0.05) is 16.7 Å². The minimum absolute atomic E-state index is 0.101. The third-order valence-electron chi connectivity index (χ3n) is 5.10. The Morgan fingerprint density at radius 3 is 2.65 bits per heavy atom. The Balaban J connectivity index is 1.38. The summed E-state index contributed by atoms with van der Waals surface area (Å²) in [6, 6.07) is 26.2. The van der Waals surface area contributed by atoms with E-state index in [2.05, 4.69) is 20.5 Å². The number of aromatic nitrogens is 2. The lowest BCUT2D eigenvalue weighted by molar-refractivity contribution is 0.0955. The Labute approximate surface area is 177 Å². The first kappa shape index (κ1) is 18.6. The van der Waals surface area contributed by atoms with Crippen molar-refractivity contribution in [1.29, 1.82) is 0 Å². The van der Waals surface area contributed by atoms with Crippen LogP contribution in [0.5, 0.6) is 5.75 Å². The highest BCUT2D eigenvalue weighted by Crippen LogP contribution is 2.25. The molecule has 150 valence electrons. The number of carbonyl (C=O) groups is 1. The largest absolute Gasteiger partial charge is 0.507 e. The number of H-pyrrole nitrogens is 1. The smallest absolute Gasteiger partial charge is 0.271 e. The van der Waals surface area contributed by atoms with Crippen molar-refractivity contribution < 1.29 is 9.90 Å². The lowest BCUT2D eigenvalue weighted by atomic mass is 10.0. The first-order valence-corrected chi connectivity index (χ1v) is 9.78. The summed E-state index contributed by atoms with van der Waals surface area (Å²) >= 11 is 0. The van der Waals surface area contributed by atoms with E-state index < -0.39 is 0 Å². The van der Waals surface area contributed by atoms with Gasteiger partial charge in [-0.15, -0.1) is 0 Å². The lowest BCUT2D eigenvalue weighted by Gasteiger charge is -2.05. The fourth-order valence-corrected chi connectivity index (χ4v) is 3.52. The summed E-state index contributed by atoms with van der Waals surface area (Å²) in [5.41, 5.74) is 6.05. The molecule has 0 aliphatic heterocycles. The molecule has 4 aromatic carbocycles. The van der Waals surface area contributed by atoms with E-state index in [1.165, 1.54) is 6.21 Å². The number of fused-ring (bicyclic) bond motifs is 2. The van der Waals surface area contributed by atoms with Crippen LogP contribution in [0, 0.1) is 0 Å². The average Bonchev–Trinajstić information content (AvgIpc) is 3.24. The monoisotopic (exact) mass is 406 g/mol. The third-order valence-corrected chi connectivity index (χ3v) is 5.10. The van der Waals surface area contributed by atoms with Gasteiger partial charge in [0.2, 0.25) is 0 Å². The zero-order chi connectivity index (χ0) is 21.2. The molecule has 3 N–H and O–H groups in total. The number of rotatable bonds is 4. The summed E-state index contributed by atoms with van der Waals surface area (Å²) in [5.74, 6) is 0.496. The molecule has 0 aliphatic carbocycles. The topological polar surface area (TPSA) is 90.4 Å². The minimum Gasteiger partial charge on any atom is -0.507 e. The van der Waals surface area contributed by atoms with Crippen LogP contribution in [0.1, 0.15) is 15.9 Å². The molecule has 1 amide bonds. The Morgan fingerprint density at radius 2 is 1.77 bits per heavy atom. The van der Waals surface area contributed by atoms with Gasteiger partial charge in [-0.1, -0.05) is 60.7 Å². The standard InChI is InChI=1S/C25H18N4O2/c30-23-13-11-16-6-4-5-9-19(16)20(23)15-26-29-25(31)18-10-12-21-22(14-18)28-24(27-21)17-7-2-1-3-8-17/h1-15,30H,(H,27,28)(H,29,31)/b26-15+. The second kappa shape index (κ2) is 7.76. The Hall–Kier alpha value is -4.45. The summed E-state index contributed by atoms with van der Waals surface area (Å²) in [6.45, 7) is 0. The van der Waals surface area contributed by atoms with Crippen molar-refractivity contribution in [2.24, 2.45) is 5.10 Å². The highest BCUT2D eigenvalue weighted by molar-refractivity contribution is 6.03. The summed E-state index contributed by atoms with van der Waals surface area (Å²) in [7, 11) is 0. The summed E-state index contributed by atoms with van der Waals surface area (Å²) < 4.78 is 0. The van der Waals surface area contributed by atoms with E-state index in [0.29, 0.717) is 11.1 Å². The maximum atomic E-state index is 12.6. The van der Waals surface area contributed by atoms with E-state index in [9.17, 15) is 9.90 Å². The molecule has 0 bridgehead atoms. The van der Waals surface area contributed by atoms with Crippen LogP contribution in [0.15, 0.2) is 90.0 Å². The number of hydrogen-bond acceptors (Lipinski definition) is 4. The zero-order valence-corrected chi connectivity index (χ0v) is 16.4. The normalized spacial score (nSPS) is 11.4. The molecule has 0 unspecified atom stereocenters. The summed E-state index contributed by atoms with van der Waals surface area (Å²) in [5, 5.41) is 16.1. The van der Waals surface area contributed by atoms with Crippen molar-refractivity contribution in [3.8, 4) is 17.1 Å². The molecule has 1 heterocycles. The van der Waals surface area contributed by atoms with E-state index in [-0.39, 0.29) is 11.7 Å². The minimum atomic E-state index is -0.353. The third kappa shape index (κ3) is 3.62. The van der Waals surface area contributed by atoms with Crippen LogP contribution in [-0.4, -0.2) is 27.2 Å². The van der Waals surface area contributed by atoms with Crippen LogP contribution >= 0.6 is 0 Å². The Bertz CT molecular complexity index is 1440. The van der Waals surface area contributed by atoms with Gasteiger partial charge in [-0.2, -0.15) is 5.10 Å². The van der Waals surface area contributed by atoms with Crippen LogP contribution in [-0.2, 0) is 0 Å². The van der Waals surface area contributed by atoms with E-state index in [1.54, 1.807) is 24.3 Å².